The summed E-state index contributed by atoms with van der Waals surface area (Å²) in [6.45, 7) is 5.88. The van der Waals surface area contributed by atoms with Crippen molar-refractivity contribution in [3.05, 3.63) is 18.2 Å². The number of hydrogen-bond donors (Lipinski definition) is 2. The lowest BCUT2D eigenvalue weighted by molar-refractivity contribution is 0.171. The number of urea groups is 1. The van der Waals surface area contributed by atoms with Crippen LogP contribution in [0, 0.1) is 6.92 Å². The van der Waals surface area contributed by atoms with E-state index in [0.29, 0.717) is 13.2 Å². The van der Waals surface area contributed by atoms with E-state index in [2.05, 4.69) is 20.2 Å². The van der Waals surface area contributed by atoms with Crippen molar-refractivity contribution in [1.82, 2.24) is 20.2 Å². The third kappa shape index (κ3) is 5.18. The highest BCUT2D eigenvalue weighted by Gasteiger charge is 2.05. The normalized spacial score (nSPS) is 12.2. The Morgan fingerprint density at radius 1 is 1.61 bits per heavy atom. The number of rotatable bonds is 7. The number of nitrogens with zero attached hydrogens (tertiary/aromatic N) is 2. The van der Waals surface area contributed by atoms with Crippen LogP contribution in [-0.4, -0.2) is 41.9 Å². The predicted molar refractivity (Wildman–Crippen MR) is 69.5 cm³/mol. The van der Waals surface area contributed by atoms with E-state index in [-0.39, 0.29) is 12.1 Å². The fourth-order valence-electron chi connectivity index (χ4n) is 1.66. The third-order valence-corrected chi connectivity index (χ3v) is 2.58. The Kier molecular flexibility index (Phi) is 6.21. The zero-order valence-corrected chi connectivity index (χ0v) is 11.3. The van der Waals surface area contributed by atoms with Crippen LogP contribution in [0.3, 0.4) is 0 Å². The molecule has 0 saturated heterocycles. The lowest BCUT2D eigenvalue weighted by Crippen LogP contribution is -2.43. The first-order valence-corrected chi connectivity index (χ1v) is 6.14. The van der Waals surface area contributed by atoms with Gasteiger partial charge in [-0.15, -0.1) is 0 Å². The average Bonchev–Trinajstić information content (AvgIpc) is 2.71. The van der Waals surface area contributed by atoms with Crippen molar-refractivity contribution in [3.63, 3.8) is 0 Å². The van der Waals surface area contributed by atoms with Gasteiger partial charge in [0, 0.05) is 32.6 Å². The molecule has 6 heteroatoms. The minimum atomic E-state index is -0.151. The molecule has 0 spiro atoms. The van der Waals surface area contributed by atoms with Crippen LogP contribution >= 0.6 is 0 Å². The minimum absolute atomic E-state index is 0.0193. The van der Waals surface area contributed by atoms with Crippen molar-refractivity contribution >= 4 is 6.03 Å². The fraction of sp³-hybridized carbons (Fsp3) is 0.667. The van der Waals surface area contributed by atoms with Gasteiger partial charge < -0.3 is 19.9 Å². The highest BCUT2D eigenvalue weighted by Crippen LogP contribution is 1.96. The highest BCUT2D eigenvalue weighted by molar-refractivity contribution is 5.74. The summed E-state index contributed by atoms with van der Waals surface area (Å²) in [5, 5.41) is 5.61. The molecule has 2 amide bonds. The number of carbonyl (C=O) groups is 1. The molecule has 0 aliphatic rings. The Morgan fingerprint density at radius 3 is 3.00 bits per heavy atom. The zero-order valence-electron chi connectivity index (χ0n) is 11.3. The molecular weight excluding hydrogens is 232 g/mol. The minimum Gasteiger partial charge on any atom is -0.383 e. The molecule has 1 unspecified atom stereocenters. The molecule has 1 rings (SSSR count). The fourth-order valence-corrected chi connectivity index (χ4v) is 1.66. The van der Waals surface area contributed by atoms with Crippen LogP contribution in [0.4, 0.5) is 4.79 Å². The van der Waals surface area contributed by atoms with Crippen molar-refractivity contribution in [2.45, 2.75) is 32.9 Å². The molecular formula is C12H22N4O2. The van der Waals surface area contributed by atoms with Crippen LogP contribution in [0.25, 0.3) is 0 Å². The van der Waals surface area contributed by atoms with E-state index in [1.807, 2.05) is 20.0 Å². The monoisotopic (exact) mass is 254 g/mol. The zero-order chi connectivity index (χ0) is 13.4. The molecule has 0 saturated carbocycles. The summed E-state index contributed by atoms with van der Waals surface area (Å²) in [4.78, 5) is 15.6. The highest BCUT2D eigenvalue weighted by atomic mass is 16.5. The third-order valence-electron chi connectivity index (χ3n) is 2.58. The number of methoxy groups -OCH3 is 1. The summed E-state index contributed by atoms with van der Waals surface area (Å²) in [7, 11) is 1.61. The Morgan fingerprint density at radius 2 is 2.39 bits per heavy atom. The van der Waals surface area contributed by atoms with E-state index in [4.69, 9.17) is 4.74 Å². The molecule has 1 aromatic rings. The van der Waals surface area contributed by atoms with Gasteiger partial charge in [0.1, 0.15) is 5.82 Å². The largest absolute Gasteiger partial charge is 0.383 e. The van der Waals surface area contributed by atoms with Gasteiger partial charge in [-0.2, -0.15) is 0 Å². The lowest BCUT2D eigenvalue weighted by atomic mass is 10.3. The SMILES string of the molecule is COCC(C)NC(=O)NCCCn1ccnc1C. The standard InChI is InChI=1S/C12H22N4O2/c1-10(9-18-3)15-12(17)14-5-4-7-16-8-6-13-11(16)2/h6,8,10H,4-5,7,9H2,1-3H3,(H2,14,15,17). The van der Waals surface area contributed by atoms with Gasteiger partial charge >= 0.3 is 6.03 Å². The predicted octanol–water partition coefficient (Wildman–Crippen LogP) is 0.916. The van der Waals surface area contributed by atoms with Crippen molar-refractivity contribution < 1.29 is 9.53 Å². The molecule has 1 aromatic heterocycles. The summed E-state index contributed by atoms with van der Waals surface area (Å²) >= 11 is 0. The van der Waals surface area contributed by atoms with Gasteiger partial charge in [-0.1, -0.05) is 0 Å². The van der Waals surface area contributed by atoms with Crippen LogP contribution in [0.2, 0.25) is 0 Å². The second-order valence-electron chi connectivity index (χ2n) is 4.28. The molecule has 0 aliphatic carbocycles. The van der Waals surface area contributed by atoms with Crippen LogP contribution < -0.4 is 10.6 Å². The Bertz CT molecular complexity index is 365. The maximum atomic E-state index is 11.5. The van der Waals surface area contributed by atoms with Gasteiger partial charge in [0.15, 0.2) is 0 Å². The summed E-state index contributed by atoms with van der Waals surface area (Å²) in [5.74, 6) is 0.994. The average molecular weight is 254 g/mol. The maximum Gasteiger partial charge on any atom is 0.315 e. The molecule has 1 atom stereocenters. The van der Waals surface area contributed by atoms with Crippen LogP contribution in [0.15, 0.2) is 12.4 Å². The molecule has 6 nitrogen and oxygen atoms in total. The smallest absolute Gasteiger partial charge is 0.315 e. The number of nitrogens with one attached hydrogen (secondary N) is 2. The van der Waals surface area contributed by atoms with Crippen LogP contribution in [-0.2, 0) is 11.3 Å². The van der Waals surface area contributed by atoms with E-state index >= 15 is 0 Å². The summed E-state index contributed by atoms with van der Waals surface area (Å²) in [6.07, 6.45) is 4.60. The van der Waals surface area contributed by atoms with Gasteiger partial charge in [0.05, 0.1) is 12.6 Å². The maximum absolute atomic E-state index is 11.5. The van der Waals surface area contributed by atoms with Crippen molar-refractivity contribution in [3.8, 4) is 0 Å². The van der Waals surface area contributed by atoms with Crippen molar-refractivity contribution in [1.29, 1.82) is 0 Å². The first-order chi connectivity index (χ1) is 8.63. The molecule has 18 heavy (non-hydrogen) atoms. The molecule has 0 aromatic carbocycles. The van der Waals surface area contributed by atoms with Crippen LogP contribution in [0.1, 0.15) is 19.2 Å². The topological polar surface area (TPSA) is 68.2 Å². The Balaban J connectivity index is 2.11. The van der Waals surface area contributed by atoms with Crippen LogP contribution in [0.5, 0.6) is 0 Å². The summed E-state index contributed by atoms with van der Waals surface area (Å²) in [5.41, 5.74) is 0. The number of ether oxygens (including phenoxy) is 1. The number of aromatic nitrogens is 2. The molecule has 0 bridgehead atoms. The Labute approximate surface area is 108 Å². The molecule has 1 heterocycles. The number of imidazole rings is 1. The van der Waals surface area contributed by atoms with Gasteiger partial charge in [-0.3, -0.25) is 0 Å². The quantitative estimate of drug-likeness (QED) is 0.711. The van der Waals surface area contributed by atoms with Crippen molar-refractivity contribution in [2.75, 3.05) is 20.3 Å². The van der Waals surface area contributed by atoms with E-state index < -0.39 is 0 Å². The number of aryl methyl sites for hydroxylation is 2. The van der Waals surface area contributed by atoms with E-state index in [1.165, 1.54) is 0 Å². The summed E-state index contributed by atoms with van der Waals surface area (Å²) in [6, 6.07) is -0.132. The van der Waals surface area contributed by atoms with E-state index in [1.54, 1.807) is 13.3 Å². The molecule has 0 fully saturated rings. The first-order valence-electron chi connectivity index (χ1n) is 6.14. The Hall–Kier alpha value is -1.56. The van der Waals surface area contributed by atoms with Gasteiger partial charge in [-0.25, -0.2) is 9.78 Å². The van der Waals surface area contributed by atoms with Crippen molar-refractivity contribution in [2.24, 2.45) is 0 Å². The number of carbonyl (C=O) groups excluding carboxylic acids is 1. The molecule has 0 radical (unpaired) electrons. The number of amides is 2. The number of hydrogen-bond acceptors (Lipinski definition) is 3. The molecule has 102 valence electrons. The summed E-state index contributed by atoms with van der Waals surface area (Å²) < 4.78 is 7.00. The van der Waals surface area contributed by atoms with Gasteiger partial charge in [0.25, 0.3) is 0 Å². The molecule has 2 N–H and O–H groups in total. The van der Waals surface area contributed by atoms with Gasteiger partial charge in [-0.05, 0) is 20.3 Å². The lowest BCUT2D eigenvalue weighted by Gasteiger charge is -2.13. The second-order valence-corrected chi connectivity index (χ2v) is 4.28. The first kappa shape index (κ1) is 14.5. The van der Waals surface area contributed by atoms with Gasteiger partial charge in [0.2, 0.25) is 0 Å². The second kappa shape index (κ2) is 7.71. The molecule has 0 aliphatic heterocycles. The van der Waals surface area contributed by atoms with E-state index in [0.717, 1.165) is 18.8 Å². The van der Waals surface area contributed by atoms with E-state index in [9.17, 15) is 4.79 Å².